The van der Waals surface area contributed by atoms with Crippen molar-refractivity contribution in [1.29, 1.82) is 0 Å². The summed E-state index contributed by atoms with van der Waals surface area (Å²) in [5, 5.41) is 0. The first-order valence-corrected chi connectivity index (χ1v) is 12.2. The molecule has 0 saturated heterocycles. The molecular formula is C22H39LiO3S. The standard InChI is InChI=1S/C22H38O3S.Li.H/c1-2-3-4-5-6-7-8-9-10-11-12-13-14-18-21-26(23,24)25-22-19-16-15-17-20-22;;/h15-17,19-20H,2-14,18,21H2,1H3;;/q;+1;-1. The van der Waals surface area contributed by atoms with Crippen LogP contribution in [0.25, 0.3) is 0 Å². The summed E-state index contributed by atoms with van der Waals surface area (Å²) in [7, 11) is -3.45. The van der Waals surface area contributed by atoms with E-state index in [1.165, 1.54) is 70.6 Å². The minimum Gasteiger partial charge on any atom is -1.00 e. The zero-order chi connectivity index (χ0) is 18.9. The maximum atomic E-state index is 11.9. The average Bonchev–Trinajstić information content (AvgIpc) is 2.62. The molecule has 0 fully saturated rings. The third kappa shape index (κ3) is 16.2. The molecule has 5 heteroatoms. The van der Waals surface area contributed by atoms with Crippen molar-refractivity contribution in [3.8, 4) is 5.75 Å². The van der Waals surface area contributed by atoms with Crippen LogP contribution in [0.3, 0.4) is 0 Å². The predicted molar refractivity (Wildman–Crippen MR) is 112 cm³/mol. The Hall–Kier alpha value is -0.433. The molecule has 0 aliphatic rings. The van der Waals surface area contributed by atoms with Gasteiger partial charge in [-0.1, -0.05) is 109 Å². The van der Waals surface area contributed by atoms with Crippen molar-refractivity contribution in [2.45, 2.75) is 96.8 Å². The molecule has 0 unspecified atom stereocenters. The second-order valence-electron chi connectivity index (χ2n) is 7.25. The molecule has 27 heavy (non-hydrogen) atoms. The van der Waals surface area contributed by atoms with E-state index in [2.05, 4.69) is 6.92 Å². The molecule has 0 aliphatic heterocycles. The number of hydrogen-bond donors (Lipinski definition) is 0. The molecule has 0 saturated carbocycles. The number of para-hydroxylation sites is 1. The van der Waals surface area contributed by atoms with E-state index in [4.69, 9.17) is 4.18 Å². The van der Waals surface area contributed by atoms with Gasteiger partial charge in [0.05, 0.1) is 5.75 Å². The van der Waals surface area contributed by atoms with Crippen molar-refractivity contribution in [2.24, 2.45) is 0 Å². The summed E-state index contributed by atoms with van der Waals surface area (Å²) < 4.78 is 28.9. The molecule has 0 spiro atoms. The average molecular weight is 391 g/mol. The number of rotatable bonds is 17. The summed E-state index contributed by atoms with van der Waals surface area (Å²) in [6.45, 7) is 2.26. The van der Waals surface area contributed by atoms with Crippen LogP contribution in [0.15, 0.2) is 30.3 Å². The first-order chi connectivity index (χ1) is 12.6. The summed E-state index contributed by atoms with van der Waals surface area (Å²) >= 11 is 0. The van der Waals surface area contributed by atoms with Gasteiger partial charge in [0.15, 0.2) is 0 Å². The van der Waals surface area contributed by atoms with Gasteiger partial charge < -0.3 is 5.61 Å². The predicted octanol–water partition coefficient (Wildman–Crippen LogP) is 3.99. The summed E-state index contributed by atoms with van der Waals surface area (Å²) in [5.74, 6) is 0.512. The van der Waals surface area contributed by atoms with Crippen LogP contribution in [-0.4, -0.2) is 14.2 Å². The second-order valence-corrected chi connectivity index (χ2v) is 8.94. The smallest absolute Gasteiger partial charge is 1.00 e. The third-order valence-electron chi connectivity index (χ3n) is 4.71. The molecule has 0 radical (unpaired) electrons. The zero-order valence-electron chi connectivity index (χ0n) is 18.6. The van der Waals surface area contributed by atoms with Crippen LogP contribution in [0, 0.1) is 0 Å². The Kier molecular flexibility index (Phi) is 17.4. The third-order valence-corrected chi connectivity index (χ3v) is 5.95. The molecule has 0 heterocycles. The van der Waals surface area contributed by atoms with Crippen molar-refractivity contribution >= 4 is 10.1 Å². The number of unbranched alkanes of at least 4 members (excludes halogenated alkanes) is 13. The van der Waals surface area contributed by atoms with Crippen LogP contribution >= 0.6 is 0 Å². The van der Waals surface area contributed by atoms with Crippen molar-refractivity contribution < 1.29 is 32.9 Å². The van der Waals surface area contributed by atoms with E-state index in [1.807, 2.05) is 6.07 Å². The van der Waals surface area contributed by atoms with Crippen LogP contribution in [0.1, 0.15) is 98.2 Å². The fraction of sp³-hybridized carbons (Fsp3) is 0.727. The Bertz CT molecular complexity index is 538. The van der Waals surface area contributed by atoms with Gasteiger partial charge in [-0.2, -0.15) is 8.42 Å². The van der Waals surface area contributed by atoms with Crippen LogP contribution < -0.4 is 23.0 Å². The first kappa shape index (κ1) is 26.6. The van der Waals surface area contributed by atoms with E-state index in [0.29, 0.717) is 12.2 Å². The van der Waals surface area contributed by atoms with Gasteiger partial charge in [0, 0.05) is 0 Å². The molecule has 152 valence electrons. The Balaban J connectivity index is 0. The van der Waals surface area contributed by atoms with E-state index in [9.17, 15) is 8.42 Å². The molecular weight excluding hydrogens is 351 g/mol. The van der Waals surface area contributed by atoms with E-state index in [1.54, 1.807) is 24.3 Å². The number of benzene rings is 1. The Labute approximate surface area is 181 Å². The second kappa shape index (κ2) is 17.7. The van der Waals surface area contributed by atoms with Gasteiger partial charge in [-0.25, -0.2) is 0 Å². The maximum Gasteiger partial charge on any atom is 1.00 e. The fourth-order valence-electron chi connectivity index (χ4n) is 3.14. The molecule has 1 aromatic rings. The molecule has 0 aliphatic carbocycles. The molecule has 1 rings (SSSR count). The first-order valence-electron chi connectivity index (χ1n) is 10.6. The quantitative estimate of drug-likeness (QED) is 0.229. The van der Waals surface area contributed by atoms with Crippen LogP contribution in [0.4, 0.5) is 0 Å². The summed E-state index contributed by atoms with van der Waals surface area (Å²) in [5.41, 5.74) is 0. The minimum absolute atomic E-state index is 0. The SMILES string of the molecule is CCCCCCCCCCCCCCCCS(=O)(=O)Oc1ccccc1.[H-].[Li+]. The molecule has 1 aromatic carbocycles. The van der Waals surface area contributed by atoms with Crippen molar-refractivity contribution in [3.05, 3.63) is 30.3 Å². The van der Waals surface area contributed by atoms with Gasteiger partial charge in [-0.15, -0.1) is 0 Å². The van der Waals surface area contributed by atoms with Gasteiger partial charge in [0.1, 0.15) is 5.75 Å². The molecule has 0 N–H and O–H groups in total. The van der Waals surface area contributed by atoms with E-state index in [0.717, 1.165) is 12.8 Å². The molecule has 3 nitrogen and oxygen atoms in total. The van der Waals surface area contributed by atoms with Gasteiger partial charge >= 0.3 is 29.0 Å². The molecule has 0 amide bonds. The minimum atomic E-state index is -3.45. The Morgan fingerprint density at radius 2 is 1.11 bits per heavy atom. The summed E-state index contributed by atoms with van der Waals surface area (Å²) in [4.78, 5) is 0. The normalized spacial score (nSPS) is 11.1. The van der Waals surface area contributed by atoms with Crippen LogP contribution in [0.2, 0.25) is 0 Å². The monoisotopic (exact) mass is 390 g/mol. The molecule has 0 bridgehead atoms. The molecule has 0 aromatic heterocycles. The van der Waals surface area contributed by atoms with E-state index in [-0.39, 0.29) is 26.0 Å². The van der Waals surface area contributed by atoms with Gasteiger partial charge in [-0.05, 0) is 18.6 Å². The zero-order valence-corrected chi connectivity index (χ0v) is 18.4. The summed E-state index contributed by atoms with van der Waals surface area (Å²) in [6.07, 6.45) is 17.7. The van der Waals surface area contributed by atoms with Crippen molar-refractivity contribution in [2.75, 3.05) is 5.75 Å². The number of hydrogen-bond acceptors (Lipinski definition) is 3. The summed E-state index contributed by atoms with van der Waals surface area (Å²) in [6, 6.07) is 8.73. The Morgan fingerprint density at radius 3 is 1.56 bits per heavy atom. The van der Waals surface area contributed by atoms with Gasteiger partial charge in [-0.3, -0.25) is 0 Å². The van der Waals surface area contributed by atoms with Crippen molar-refractivity contribution in [1.82, 2.24) is 0 Å². The van der Waals surface area contributed by atoms with Crippen LogP contribution in [-0.2, 0) is 10.1 Å². The molecule has 0 atom stereocenters. The van der Waals surface area contributed by atoms with E-state index < -0.39 is 10.1 Å². The van der Waals surface area contributed by atoms with E-state index >= 15 is 0 Å². The maximum absolute atomic E-state index is 11.9. The van der Waals surface area contributed by atoms with Crippen LogP contribution in [0.5, 0.6) is 5.75 Å². The largest absolute Gasteiger partial charge is 1.00 e. The fourth-order valence-corrected chi connectivity index (χ4v) is 4.18. The van der Waals surface area contributed by atoms with Crippen molar-refractivity contribution in [3.63, 3.8) is 0 Å². The van der Waals surface area contributed by atoms with Gasteiger partial charge in [0.25, 0.3) is 0 Å². The topological polar surface area (TPSA) is 43.4 Å². The van der Waals surface area contributed by atoms with Gasteiger partial charge in [0.2, 0.25) is 0 Å². The Morgan fingerprint density at radius 1 is 0.704 bits per heavy atom.